The summed E-state index contributed by atoms with van der Waals surface area (Å²) in [6.45, 7) is 63.7. The van der Waals surface area contributed by atoms with E-state index in [1.165, 1.54) is 3.26 Å². The summed E-state index contributed by atoms with van der Waals surface area (Å²) >= 11 is 0.796. The molecule has 2 aromatic rings. The van der Waals surface area contributed by atoms with E-state index in [1.807, 2.05) is 19.9 Å². The SMILES string of the molecule is CC(C)c1cc(C(C)C)[c]([Ge]([CH2]I)[c]2c(C([Si](C)(C)C)[Si](C)(C)C)cc(C([Si](C)(C)C)[Si](C)(C)C)cc2C([Si](C)(C)C)[Si](C)(C)C)c(C(C)C)c1. The molecule has 0 atom stereocenters. The van der Waals surface area contributed by atoms with Crippen LogP contribution in [0.1, 0.15) is 108 Å². The van der Waals surface area contributed by atoms with Crippen molar-refractivity contribution >= 4 is 94.2 Å². The molecule has 0 aliphatic carbocycles. The van der Waals surface area contributed by atoms with E-state index in [9.17, 15) is 0 Å². The Labute approximate surface area is 344 Å². The van der Waals surface area contributed by atoms with Gasteiger partial charge in [-0.1, -0.05) is 0 Å². The summed E-state index contributed by atoms with van der Waals surface area (Å²) in [4.78, 5) is 0. The second kappa shape index (κ2) is 16.9. The third-order valence-electron chi connectivity index (χ3n) is 11.2. The second-order valence-corrected chi connectivity index (χ2v) is 65.9. The molecule has 2 aromatic carbocycles. The summed E-state index contributed by atoms with van der Waals surface area (Å²) in [6, 6.07) is 11.3. The molecule has 51 heavy (non-hydrogen) atoms. The summed E-state index contributed by atoms with van der Waals surface area (Å²) in [6.07, 6.45) is 0. The van der Waals surface area contributed by atoms with Crippen LogP contribution in [-0.2, 0) is 0 Å². The van der Waals surface area contributed by atoms with Crippen LogP contribution in [0, 0.1) is 0 Å². The van der Waals surface area contributed by atoms with Crippen molar-refractivity contribution in [3.8, 4) is 0 Å². The minimum absolute atomic E-state index is 0.533. The van der Waals surface area contributed by atoms with Gasteiger partial charge in [0.25, 0.3) is 0 Å². The van der Waals surface area contributed by atoms with Crippen molar-refractivity contribution in [2.24, 2.45) is 0 Å². The molecule has 0 spiro atoms. The van der Waals surface area contributed by atoms with Gasteiger partial charge in [-0.15, -0.1) is 0 Å². The Morgan fingerprint density at radius 3 is 0.863 bits per heavy atom. The standard InChI is InChI=1S/C43H84GeISi6/c1-30(2)33-25-35(31(3)4)39(36(26-33)32(5)6)44(29-45)40-37(42(48(13,14)15)49(16,17)18)27-34(41(46(7,8)9)47(10,11)12)28-38(40)43(50(19,20)21)51(22,23)24/h25-28,30-32,41-43H,29H2,1-24H3. The first-order chi connectivity index (χ1) is 22.6. The molecule has 0 aliphatic rings. The quantitative estimate of drug-likeness (QED) is 0.0948. The van der Waals surface area contributed by atoms with Crippen LogP contribution in [-0.4, -0.2) is 66.1 Å². The molecule has 2 rings (SSSR count). The first kappa shape index (κ1) is 48.2. The molecule has 0 nitrogen and oxygen atoms in total. The fourth-order valence-corrected chi connectivity index (χ4v) is 60.8. The molecule has 0 heterocycles. The molecule has 0 N–H and O–H groups in total. The van der Waals surface area contributed by atoms with Gasteiger partial charge in [0.1, 0.15) is 0 Å². The summed E-state index contributed by atoms with van der Waals surface area (Å²) in [5, 5.41) is 2.25. The molecular formula is C43H84GeISi6. The first-order valence-corrected chi connectivity index (χ1v) is 46.9. The fraction of sp³-hybridized carbons (Fsp3) is 0.721. The summed E-state index contributed by atoms with van der Waals surface area (Å²) in [7, 11) is -9.51. The number of benzene rings is 2. The minimum atomic E-state index is -2.11. The molecule has 0 amide bonds. The summed E-state index contributed by atoms with van der Waals surface area (Å²) in [5.41, 5.74) is 10.5. The molecule has 0 unspecified atom stereocenters. The first-order valence-electron chi connectivity index (χ1n) is 20.4. The van der Waals surface area contributed by atoms with Gasteiger partial charge < -0.3 is 0 Å². The molecule has 0 aromatic heterocycles. The number of rotatable bonds is 15. The Morgan fingerprint density at radius 2 is 0.647 bits per heavy atom. The van der Waals surface area contributed by atoms with Crippen molar-refractivity contribution in [3.63, 3.8) is 0 Å². The molecule has 0 bridgehead atoms. The molecule has 1 radical (unpaired) electrons. The zero-order chi connectivity index (χ0) is 40.2. The van der Waals surface area contributed by atoms with Gasteiger partial charge in [0.05, 0.1) is 0 Å². The van der Waals surface area contributed by atoms with Crippen LogP contribution in [0.25, 0.3) is 0 Å². The van der Waals surface area contributed by atoms with Gasteiger partial charge in [-0.25, -0.2) is 0 Å². The number of alkyl halides is 1. The Hall–Kier alpha value is 1.01. The Morgan fingerprint density at radius 1 is 0.392 bits per heavy atom. The molecule has 0 aliphatic heterocycles. The molecule has 0 saturated heterocycles. The Kier molecular flexibility index (Phi) is 15.9. The van der Waals surface area contributed by atoms with E-state index in [1.54, 1.807) is 22.3 Å². The van der Waals surface area contributed by atoms with Crippen molar-refractivity contribution in [1.29, 1.82) is 0 Å². The zero-order valence-corrected chi connectivity index (χ0v) is 48.6. The topological polar surface area (TPSA) is 0 Å². The van der Waals surface area contributed by atoms with Crippen LogP contribution in [0.3, 0.4) is 0 Å². The third-order valence-corrected chi connectivity index (χ3v) is 48.6. The van der Waals surface area contributed by atoms with E-state index in [0.29, 0.717) is 17.8 Å². The van der Waals surface area contributed by atoms with Crippen molar-refractivity contribution in [3.05, 3.63) is 57.6 Å². The van der Waals surface area contributed by atoms with Gasteiger partial charge >= 0.3 is 348 Å². The van der Waals surface area contributed by atoms with Gasteiger partial charge in [-0.2, -0.15) is 0 Å². The van der Waals surface area contributed by atoms with Crippen molar-refractivity contribution in [2.45, 2.75) is 193 Å². The molecular weight excluding hydrogens is 885 g/mol. The van der Waals surface area contributed by atoms with Gasteiger partial charge in [0, 0.05) is 0 Å². The van der Waals surface area contributed by atoms with E-state index >= 15 is 0 Å². The summed E-state index contributed by atoms with van der Waals surface area (Å²) in [5.74, 6) is 1.62. The molecule has 0 fully saturated rings. The fourth-order valence-electron chi connectivity index (χ4n) is 11.0. The Balaban J connectivity index is 3.64. The van der Waals surface area contributed by atoms with Crippen LogP contribution >= 0.6 is 22.6 Å². The third kappa shape index (κ3) is 11.5. The average molecular weight is 969 g/mol. The predicted molar refractivity (Wildman–Crippen MR) is 267 cm³/mol. The summed E-state index contributed by atoms with van der Waals surface area (Å²) < 4.78 is 5.14. The number of hydrogen-bond acceptors (Lipinski definition) is 0. The number of halogens is 1. The molecule has 0 saturated carbocycles. The normalized spacial score (nSPS) is 14.5. The molecule has 8 heteroatoms. The van der Waals surface area contributed by atoms with Crippen LogP contribution in [0.5, 0.6) is 0 Å². The van der Waals surface area contributed by atoms with E-state index in [0.717, 1.165) is 15.5 Å². The number of hydrogen-bond donors (Lipinski definition) is 0. The van der Waals surface area contributed by atoms with Gasteiger partial charge in [-0.05, 0) is 0 Å². The van der Waals surface area contributed by atoms with Crippen LogP contribution in [0.2, 0.25) is 118 Å². The average Bonchev–Trinajstić information content (AvgIpc) is 2.84. The van der Waals surface area contributed by atoms with Gasteiger partial charge in [-0.3, -0.25) is 0 Å². The Bertz CT molecular complexity index is 1360. The monoisotopic (exact) mass is 969 g/mol. The van der Waals surface area contributed by atoms with Gasteiger partial charge in [0.15, 0.2) is 0 Å². The van der Waals surface area contributed by atoms with E-state index in [2.05, 4.69) is 206 Å². The van der Waals surface area contributed by atoms with E-state index in [-0.39, 0.29) is 0 Å². The molecule has 291 valence electrons. The zero-order valence-electron chi connectivity index (χ0n) is 38.4. The maximum atomic E-state index is 2.97. The maximum absolute atomic E-state index is 2.97. The van der Waals surface area contributed by atoms with E-state index < -0.39 is 62.8 Å². The van der Waals surface area contributed by atoms with Crippen LogP contribution in [0.15, 0.2) is 24.3 Å². The van der Waals surface area contributed by atoms with Gasteiger partial charge in [0.2, 0.25) is 0 Å². The second-order valence-electron chi connectivity index (χ2n) is 23.7. The van der Waals surface area contributed by atoms with Crippen molar-refractivity contribution in [1.82, 2.24) is 0 Å². The van der Waals surface area contributed by atoms with Crippen LogP contribution < -0.4 is 8.79 Å². The van der Waals surface area contributed by atoms with E-state index in [4.69, 9.17) is 0 Å². The predicted octanol–water partition coefficient (Wildman–Crippen LogP) is 14.2. The van der Waals surface area contributed by atoms with Crippen molar-refractivity contribution in [2.75, 3.05) is 3.26 Å². The van der Waals surface area contributed by atoms with Crippen molar-refractivity contribution < 1.29 is 0 Å². The van der Waals surface area contributed by atoms with Crippen LogP contribution in [0.4, 0.5) is 0 Å².